The molecular weight excluding hydrogens is 406 g/mol. The van der Waals surface area contributed by atoms with Gasteiger partial charge < -0.3 is 15.5 Å². The molecule has 0 radical (unpaired) electrons. The van der Waals surface area contributed by atoms with Crippen LogP contribution in [0.25, 0.3) is 5.82 Å². The van der Waals surface area contributed by atoms with Crippen LogP contribution in [-0.4, -0.2) is 71.6 Å². The molecule has 2 aromatic heterocycles. The van der Waals surface area contributed by atoms with Gasteiger partial charge in [0.2, 0.25) is 0 Å². The van der Waals surface area contributed by atoms with Crippen molar-refractivity contribution in [3.63, 3.8) is 0 Å². The summed E-state index contributed by atoms with van der Waals surface area (Å²) in [6.07, 6.45) is 13.7. The average Bonchev–Trinajstić information content (AvgIpc) is 3.51. The third-order valence-electron chi connectivity index (χ3n) is 6.16. The van der Waals surface area contributed by atoms with Crippen LogP contribution in [0.1, 0.15) is 62.9 Å². The van der Waals surface area contributed by atoms with E-state index in [4.69, 9.17) is 5.73 Å². The van der Waals surface area contributed by atoms with Crippen molar-refractivity contribution < 1.29 is 4.79 Å². The standard InChI is InChI=1S/C22H31N9O/c1-3-16(4-2)11-27-22(23)29-9-7-18(8-10-29)31(17-5-6-17)21(32)19-12-26-20(13-25-19)30-15-24-14-28-30/h11-15,17-18H,3-10H2,1-2H3,(H2,23,27). The summed E-state index contributed by atoms with van der Waals surface area (Å²) < 4.78 is 1.51. The molecule has 0 spiro atoms. The monoisotopic (exact) mass is 437 g/mol. The van der Waals surface area contributed by atoms with Crippen LogP contribution in [0.5, 0.6) is 0 Å². The lowest BCUT2D eigenvalue weighted by molar-refractivity contribution is 0.0584. The van der Waals surface area contributed by atoms with Crippen molar-refractivity contribution in [2.45, 2.75) is 64.5 Å². The van der Waals surface area contributed by atoms with Crippen molar-refractivity contribution in [3.8, 4) is 5.82 Å². The summed E-state index contributed by atoms with van der Waals surface area (Å²) in [7, 11) is 0. The van der Waals surface area contributed by atoms with E-state index < -0.39 is 0 Å². The normalized spacial score (nSPS) is 17.3. The molecule has 1 saturated heterocycles. The molecule has 2 aromatic rings. The van der Waals surface area contributed by atoms with Crippen LogP contribution in [0.3, 0.4) is 0 Å². The predicted octanol–water partition coefficient (Wildman–Crippen LogP) is 2.14. The number of piperidine rings is 1. The molecule has 0 bridgehead atoms. The molecule has 10 nitrogen and oxygen atoms in total. The number of likely N-dealkylation sites (tertiary alicyclic amines) is 1. The summed E-state index contributed by atoms with van der Waals surface area (Å²) >= 11 is 0. The number of hydrogen-bond donors (Lipinski definition) is 1. The zero-order valence-electron chi connectivity index (χ0n) is 18.8. The highest BCUT2D eigenvalue weighted by Crippen LogP contribution is 2.33. The van der Waals surface area contributed by atoms with Crippen molar-refractivity contribution in [1.29, 1.82) is 0 Å². The Labute approximate surface area is 188 Å². The van der Waals surface area contributed by atoms with Gasteiger partial charge >= 0.3 is 0 Å². The minimum atomic E-state index is -0.0521. The number of rotatable bonds is 7. The maximum atomic E-state index is 13.3. The van der Waals surface area contributed by atoms with E-state index in [-0.39, 0.29) is 11.9 Å². The summed E-state index contributed by atoms with van der Waals surface area (Å²) in [6.45, 7) is 5.83. The molecule has 2 N–H and O–H groups in total. The topological polar surface area (TPSA) is 118 Å². The van der Waals surface area contributed by atoms with Crippen LogP contribution >= 0.6 is 0 Å². The SMILES string of the molecule is CCC(=CN=C(N)N1CCC(N(C(=O)c2cnc(-n3cncn3)cn2)C2CC2)CC1)CC. The van der Waals surface area contributed by atoms with Crippen molar-refractivity contribution in [3.05, 3.63) is 42.5 Å². The molecule has 4 rings (SSSR count). The molecule has 1 aliphatic carbocycles. The Morgan fingerprint density at radius 2 is 1.88 bits per heavy atom. The van der Waals surface area contributed by atoms with Gasteiger partial charge in [0, 0.05) is 31.4 Å². The largest absolute Gasteiger partial charge is 0.370 e. The molecule has 0 unspecified atom stereocenters. The van der Waals surface area contributed by atoms with E-state index in [9.17, 15) is 4.79 Å². The van der Waals surface area contributed by atoms with Crippen LogP contribution in [0.4, 0.5) is 0 Å². The lowest BCUT2D eigenvalue weighted by Gasteiger charge is -2.39. The van der Waals surface area contributed by atoms with Crippen molar-refractivity contribution in [1.82, 2.24) is 34.5 Å². The fraction of sp³-hybridized carbons (Fsp3) is 0.545. The number of carbonyl (C=O) groups is 1. The number of nitrogens with two attached hydrogens (primary N) is 1. The molecule has 1 saturated carbocycles. The van der Waals surface area contributed by atoms with Gasteiger partial charge in [-0.25, -0.2) is 24.6 Å². The summed E-state index contributed by atoms with van der Waals surface area (Å²) in [6, 6.07) is 0.467. The van der Waals surface area contributed by atoms with E-state index in [1.54, 1.807) is 12.5 Å². The van der Waals surface area contributed by atoms with Gasteiger partial charge in [0.05, 0.1) is 12.4 Å². The third-order valence-corrected chi connectivity index (χ3v) is 6.16. The minimum Gasteiger partial charge on any atom is -0.370 e. The van der Waals surface area contributed by atoms with Gasteiger partial charge in [-0.3, -0.25) is 4.79 Å². The number of amides is 1. The summed E-state index contributed by atoms with van der Waals surface area (Å²) in [4.78, 5) is 34.5. The Hall–Kier alpha value is -3.30. The Morgan fingerprint density at radius 3 is 2.44 bits per heavy atom. The Kier molecular flexibility index (Phi) is 6.77. The van der Waals surface area contributed by atoms with Crippen molar-refractivity contribution in [2.75, 3.05) is 13.1 Å². The van der Waals surface area contributed by atoms with Gasteiger partial charge in [0.15, 0.2) is 11.8 Å². The lowest BCUT2D eigenvalue weighted by atomic mass is 10.0. The number of guanidine groups is 1. The van der Waals surface area contributed by atoms with E-state index in [2.05, 4.69) is 43.8 Å². The fourth-order valence-electron chi connectivity index (χ4n) is 4.04. The van der Waals surface area contributed by atoms with Crippen LogP contribution < -0.4 is 5.73 Å². The number of carbonyl (C=O) groups excluding carboxylic acids is 1. The zero-order valence-corrected chi connectivity index (χ0v) is 18.8. The Morgan fingerprint density at radius 1 is 1.16 bits per heavy atom. The molecule has 170 valence electrons. The molecule has 1 amide bonds. The molecule has 0 aromatic carbocycles. The highest BCUT2D eigenvalue weighted by Gasteiger charge is 2.39. The van der Waals surface area contributed by atoms with Crippen LogP contribution in [0.15, 0.2) is 41.8 Å². The summed E-state index contributed by atoms with van der Waals surface area (Å²) in [5.74, 6) is 1.04. The fourth-order valence-corrected chi connectivity index (χ4v) is 4.04. The summed E-state index contributed by atoms with van der Waals surface area (Å²) in [5.41, 5.74) is 7.87. The quantitative estimate of drug-likeness (QED) is 0.521. The van der Waals surface area contributed by atoms with E-state index in [0.717, 1.165) is 51.6 Å². The number of hydrogen-bond acceptors (Lipinski definition) is 6. The molecule has 10 heteroatoms. The molecule has 0 atom stereocenters. The first kappa shape index (κ1) is 21.9. The minimum absolute atomic E-state index is 0.0521. The number of allylic oxidation sites excluding steroid dienone is 1. The first-order chi connectivity index (χ1) is 15.6. The molecular formula is C22H31N9O. The number of aliphatic imine (C=N–C) groups is 1. The van der Waals surface area contributed by atoms with Gasteiger partial charge in [-0.05, 0) is 38.5 Å². The zero-order chi connectivity index (χ0) is 22.5. The predicted molar refractivity (Wildman–Crippen MR) is 121 cm³/mol. The Bertz CT molecular complexity index is 950. The second-order valence-electron chi connectivity index (χ2n) is 8.24. The van der Waals surface area contributed by atoms with E-state index >= 15 is 0 Å². The van der Waals surface area contributed by atoms with Gasteiger partial charge in [0.1, 0.15) is 18.3 Å². The molecule has 2 aliphatic rings. The average molecular weight is 438 g/mol. The second kappa shape index (κ2) is 9.88. The highest BCUT2D eigenvalue weighted by atomic mass is 16.2. The molecule has 1 aliphatic heterocycles. The van der Waals surface area contributed by atoms with E-state index in [1.165, 1.54) is 22.8 Å². The van der Waals surface area contributed by atoms with Gasteiger partial charge in [-0.1, -0.05) is 19.4 Å². The first-order valence-corrected chi connectivity index (χ1v) is 11.4. The highest BCUT2D eigenvalue weighted by molar-refractivity contribution is 5.92. The van der Waals surface area contributed by atoms with E-state index in [1.807, 2.05) is 11.1 Å². The maximum absolute atomic E-state index is 13.3. The van der Waals surface area contributed by atoms with Gasteiger partial charge in [-0.2, -0.15) is 5.10 Å². The number of nitrogens with zero attached hydrogens (tertiary/aromatic N) is 8. The third kappa shape index (κ3) is 4.95. The smallest absolute Gasteiger partial charge is 0.274 e. The molecule has 2 fully saturated rings. The van der Waals surface area contributed by atoms with Crippen LogP contribution in [0.2, 0.25) is 0 Å². The van der Waals surface area contributed by atoms with Crippen molar-refractivity contribution >= 4 is 11.9 Å². The van der Waals surface area contributed by atoms with Crippen LogP contribution in [0, 0.1) is 0 Å². The maximum Gasteiger partial charge on any atom is 0.274 e. The first-order valence-electron chi connectivity index (χ1n) is 11.4. The number of aromatic nitrogens is 5. The molecule has 32 heavy (non-hydrogen) atoms. The van der Waals surface area contributed by atoms with Crippen molar-refractivity contribution in [2.24, 2.45) is 10.7 Å². The van der Waals surface area contributed by atoms with Gasteiger partial charge in [-0.15, -0.1) is 0 Å². The summed E-state index contributed by atoms with van der Waals surface area (Å²) in [5, 5.41) is 4.04. The second-order valence-corrected chi connectivity index (χ2v) is 8.24. The van der Waals surface area contributed by atoms with E-state index in [0.29, 0.717) is 23.5 Å². The Balaban J connectivity index is 1.40. The molecule has 3 heterocycles. The van der Waals surface area contributed by atoms with Crippen LogP contribution in [-0.2, 0) is 0 Å². The van der Waals surface area contributed by atoms with Gasteiger partial charge in [0.25, 0.3) is 5.91 Å². The lowest BCUT2D eigenvalue weighted by Crippen LogP contribution is -2.51.